The number of fused-ring (bicyclic) bond motifs is 2. The highest BCUT2D eigenvalue weighted by atomic mass is 16.5. The molecule has 0 aliphatic carbocycles. The highest BCUT2D eigenvalue weighted by molar-refractivity contribution is 6.00. The van der Waals surface area contributed by atoms with Gasteiger partial charge in [0, 0.05) is 29.3 Å². The maximum absolute atomic E-state index is 12.8. The molecule has 7 heteroatoms. The van der Waals surface area contributed by atoms with Crippen LogP contribution in [0.3, 0.4) is 0 Å². The normalized spacial score (nSPS) is 12.8. The van der Waals surface area contributed by atoms with Gasteiger partial charge in [0.15, 0.2) is 6.61 Å². The van der Waals surface area contributed by atoms with Gasteiger partial charge in [0.25, 0.3) is 5.91 Å². The Balaban J connectivity index is 1.23. The maximum Gasteiger partial charge on any atom is 0.265 e. The lowest BCUT2D eigenvalue weighted by molar-refractivity contribution is -0.121. The van der Waals surface area contributed by atoms with Crippen LogP contribution in [0.5, 0.6) is 11.5 Å². The Bertz CT molecular complexity index is 1360. The van der Waals surface area contributed by atoms with Crippen molar-refractivity contribution >= 4 is 34.1 Å². The number of rotatable bonds is 8. The van der Waals surface area contributed by atoms with Crippen molar-refractivity contribution in [3.63, 3.8) is 0 Å². The molecule has 0 bridgehead atoms. The van der Waals surface area contributed by atoms with E-state index < -0.39 is 0 Å². The van der Waals surface area contributed by atoms with E-state index in [1.165, 1.54) is 5.56 Å². The summed E-state index contributed by atoms with van der Waals surface area (Å²) in [5.74, 6) is 1.19. The summed E-state index contributed by atoms with van der Waals surface area (Å²) in [5, 5.41) is 3.99. The van der Waals surface area contributed by atoms with Gasteiger partial charge in [-0.1, -0.05) is 35.9 Å². The van der Waals surface area contributed by atoms with E-state index in [4.69, 9.17) is 9.47 Å². The molecule has 1 aromatic heterocycles. The molecule has 0 radical (unpaired) electrons. The fourth-order valence-electron chi connectivity index (χ4n) is 4.23. The van der Waals surface area contributed by atoms with E-state index in [2.05, 4.69) is 10.3 Å². The van der Waals surface area contributed by atoms with Crippen LogP contribution < -0.4 is 19.7 Å². The van der Waals surface area contributed by atoms with Crippen molar-refractivity contribution < 1.29 is 19.1 Å². The minimum absolute atomic E-state index is 0.00190. The Morgan fingerprint density at radius 2 is 1.94 bits per heavy atom. The molecule has 3 aromatic carbocycles. The number of carbonyl (C=O) groups excluding carboxylic acids is 2. The van der Waals surface area contributed by atoms with Gasteiger partial charge < -0.3 is 24.7 Å². The van der Waals surface area contributed by atoms with E-state index in [1.807, 2.05) is 61.7 Å². The number of para-hydroxylation sites is 1. The zero-order valence-electron chi connectivity index (χ0n) is 19.5. The van der Waals surface area contributed by atoms with Crippen molar-refractivity contribution in [2.24, 2.45) is 0 Å². The van der Waals surface area contributed by atoms with Gasteiger partial charge >= 0.3 is 0 Å². The zero-order chi connectivity index (χ0) is 24.2. The van der Waals surface area contributed by atoms with Crippen LogP contribution in [0.25, 0.3) is 10.9 Å². The molecular weight excluding hydrogens is 442 g/mol. The second-order valence-electron chi connectivity index (χ2n) is 8.62. The van der Waals surface area contributed by atoms with Gasteiger partial charge in [0.1, 0.15) is 11.5 Å². The van der Waals surface area contributed by atoms with Gasteiger partial charge in [-0.3, -0.25) is 9.59 Å². The Morgan fingerprint density at radius 3 is 2.80 bits per heavy atom. The predicted octanol–water partition coefficient (Wildman–Crippen LogP) is 4.85. The second kappa shape index (κ2) is 9.93. The number of nitrogens with one attached hydrogen (secondary N) is 2. The van der Waals surface area contributed by atoms with Gasteiger partial charge in [-0.2, -0.15) is 0 Å². The smallest absolute Gasteiger partial charge is 0.265 e. The van der Waals surface area contributed by atoms with E-state index in [1.54, 1.807) is 23.1 Å². The molecule has 0 fully saturated rings. The van der Waals surface area contributed by atoms with Gasteiger partial charge in [-0.05, 0) is 55.3 Å². The minimum Gasteiger partial charge on any atom is -0.494 e. The quantitative estimate of drug-likeness (QED) is 0.361. The molecule has 0 saturated heterocycles. The number of aromatic amines is 1. The van der Waals surface area contributed by atoms with Crippen LogP contribution in [0.4, 0.5) is 11.4 Å². The number of carbonyl (C=O) groups is 2. The van der Waals surface area contributed by atoms with Crippen LogP contribution in [0.15, 0.2) is 72.9 Å². The summed E-state index contributed by atoms with van der Waals surface area (Å²) in [5.41, 5.74) is 4.39. The number of aromatic nitrogens is 1. The van der Waals surface area contributed by atoms with E-state index in [0.29, 0.717) is 36.7 Å². The number of benzene rings is 3. The molecular formula is C28H27N3O4. The third-order valence-electron chi connectivity index (χ3n) is 6.03. The molecule has 7 nitrogen and oxygen atoms in total. The third kappa shape index (κ3) is 5.14. The summed E-state index contributed by atoms with van der Waals surface area (Å²) in [6.45, 7) is 3.01. The minimum atomic E-state index is -0.129. The maximum atomic E-state index is 12.8. The van der Waals surface area contributed by atoms with Crippen LogP contribution in [0, 0.1) is 6.92 Å². The summed E-state index contributed by atoms with van der Waals surface area (Å²) >= 11 is 0. The third-order valence-corrected chi connectivity index (χ3v) is 6.03. The van der Waals surface area contributed by atoms with Crippen LogP contribution in [0.1, 0.15) is 17.5 Å². The average Bonchev–Trinajstić information content (AvgIpc) is 3.26. The molecule has 2 amide bonds. The van der Waals surface area contributed by atoms with E-state index in [0.717, 1.165) is 22.2 Å². The van der Waals surface area contributed by atoms with Crippen molar-refractivity contribution in [3.8, 4) is 11.5 Å². The molecule has 35 heavy (non-hydrogen) atoms. The van der Waals surface area contributed by atoms with Crippen molar-refractivity contribution in [2.75, 3.05) is 30.0 Å². The van der Waals surface area contributed by atoms with Crippen LogP contribution in [-0.2, 0) is 16.0 Å². The first kappa shape index (κ1) is 22.5. The van der Waals surface area contributed by atoms with E-state index in [9.17, 15) is 9.59 Å². The first-order valence-corrected chi connectivity index (χ1v) is 11.7. The van der Waals surface area contributed by atoms with Gasteiger partial charge in [-0.15, -0.1) is 0 Å². The highest BCUT2D eigenvalue weighted by Gasteiger charge is 2.25. The van der Waals surface area contributed by atoms with Gasteiger partial charge in [0.2, 0.25) is 5.91 Å². The molecule has 1 aliphatic rings. The molecule has 5 rings (SSSR count). The molecule has 1 aliphatic heterocycles. The summed E-state index contributed by atoms with van der Waals surface area (Å²) in [4.78, 5) is 30.2. The van der Waals surface area contributed by atoms with Crippen molar-refractivity contribution in [2.45, 2.75) is 19.8 Å². The molecule has 2 heterocycles. The lowest BCUT2D eigenvalue weighted by Gasteiger charge is -2.30. The van der Waals surface area contributed by atoms with E-state index in [-0.39, 0.29) is 24.8 Å². The largest absolute Gasteiger partial charge is 0.494 e. The Hall–Kier alpha value is -4.26. The zero-order valence-corrected chi connectivity index (χ0v) is 19.5. The van der Waals surface area contributed by atoms with Gasteiger partial charge in [-0.25, -0.2) is 0 Å². The summed E-state index contributed by atoms with van der Waals surface area (Å²) in [6, 6.07) is 21.2. The SMILES string of the molecule is Cc1ccc(OCCCN2C(=O)COc3ccc(NC(=O)Cc4c[nH]c5ccccc45)cc32)cc1. The molecule has 0 saturated carbocycles. The molecule has 0 atom stereocenters. The fourth-order valence-corrected chi connectivity index (χ4v) is 4.23. The Labute approximate surface area is 203 Å². The molecule has 0 spiro atoms. The fraction of sp³-hybridized carbons (Fsp3) is 0.214. The number of amides is 2. The van der Waals surface area contributed by atoms with Crippen molar-refractivity contribution in [1.29, 1.82) is 0 Å². The molecule has 2 N–H and O–H groups in total. The number of nitrogens with zero attached hydrogens (tertiary/aromatic N) is 1. The average molecular weight is 470 g/mol. The Kier molecular flexibility index (Phi) is 6.39. The monoisotopic (exact) mass is 469 g/mol. The standard InChI is InChI=1S/C28H27N3O4/c1-19-7-10-22(11-8-19)34-14-4-13-31-25-16-21(9-12-26(25)35-18-28(31)33)30-27(32)15-20-17-29-24-6-3-2-5-23(20)24/h2-3,5-12,16-17,29H,4,13-15,18H2,1H3,(H,30,32). The second-order valence-corrected chi connectivity index (χ2v) is 8.62. The van der Waals surface area contributed by atoms with Crippen LogP contribution >= 0.6 is 0 Å². The molecule has 178 valence electrons. The lowest BCUT2D eigenvalue weighted by Crippen LogP contribution is -2.39. The first-order valence-electron chi connectivity index (χ1n) is 11.7. The number of hydrogen-bond donors (Lipinski definition) is 2. The Morgan fingerprint density at radius 1 is 1.11 bits per heavy atom. The summed E-state index contributed by atoms with van der Waals surface area (Å²) in [7, 11) is 0. The van der Waals surface area contributed by atoms with Crippen LogP contribution in [0.2, 0.25) is 0 Å². The van der Waals surface area contributed by atoms with Crippen molar-refractivity contribution in [3.05, 3.63) is 84.1 Å². The lowest BCUT2D eigenvalue weighted by atomic mass is 10.1. The number of anilines is 2. The van der Waals surface area contributed by atoms with Crippen molar-refractivity contribution in [1.82, 2.24) is 4.98 Å². The number of ether oxygens (including phenoxy) is 2. The predicted molar refractivity (Wildman–Crippen MR) is 136 cm³/mol. The number of H-pyrrole nitrogens is 1. The van der Waals surface area contributed by atoms with Gasteiger partial charge in [0.05, 0.1) is 18.7 Å². The number of hydrogen-bond acceptors (Lipinski definition) is 4. The topological polar surface area (TPSA) is 83.7 Å². The van der Waals surface area contributed by atoms with E-state index >= 15 is 0 Å². The van der Waals surface area contributed by atoms with Crippen LogP contribution in [-0.4, -0.2) is 36.6 Å². The molecule has 0 unspecified atom stereocenters. The first-order chi connectivity index (χ1) is 17.1. The molecule has 4 aromatic rings. The number of aryl methyl sites for hydroxylation is 1. The summed E-state index contributed by atoms with van der Waals surface area (Å²) < 4.78 is 11.4. The summed E-state index contributed by atoms with van der Waals surface area (Å²) in [6.07, 6.45) is 2.77. The highest BCUT2D eigenvalue weighted by Crippen LogP contribution is 2.35.